The Balaban J connectivity index is 1.71. The van der Waals surface area contributed by atoms with Crippen LogP contribution in [0.3, 0.4) is 0 Å². The lowest BCUT2D eigenvalue weighted by Crippen LogP contribution is -2.34. The smallest absolute Gasteiger partial charge is 0.221 e. The van der Waals surface area contributed by atoms with E-state index >= 15 is 0 Å². The molecule has 0 bridgehead atoms. The first-order valence-electron chi connectivity index (χ1n) is 8.86. The standard InChI is InChI=1S/C21H25FN2O2/c1-17(25)24(16-19-11-5-6-12-20(19)22)15-13-21(26)23-14-7-10-18-8-3-2-4-9-18/h2-6,8-9,11-12H,7,10,13-16H2,1H3,(H,23,26). The number of hydrogen-bond donors (Lipinski definition) is 1. The van der Waals surface area contributed by atoms with Gasteiger partial charge in [-0.15, -0.1) is 0 Å². The maximum atomic E-state index is 13.7. The van der Waals surface area contributed by atoms with E-state index in [9.17, 15) is 14.0 Å². The highest BCUT2D eigenvalue weighted by molar-refractivity contribution is 5.78. The fourth-order valence-corrected chi connectivity index (χ4v) is 2.67. The Labute approximate surface area is 154 Å². The predicted octanol–water partition coefficient (Wildman–Crippen LogP) is 3.31. The predicted molar refractivity (Wildman–Crippen MR) is 99.9 cm³/mol. The van der Waals surface area contributed by atoms with E-state index < -0.39 is 0 Å². The molecule has 0 saturated carbocycles. The lowest BCUT2D eigenvalue weighted by Gasteiger charge is -2.21. The zero-order valence-corrected chi connectivity index (χ0v) is 15.1. The SMILES string of the molecule is CC(=O)N(CCC(=O)NCCCc1ccccc1)Cc1ccccc1F. The highest BCUT2D eigenvalue weighted by Crippen LogP contribution is 2.10. The van der Waals surface area contributed by atoms with Gasteiger partial charge in [-0.05, 0) is 24.5 Å². The molecule has 0 radical (unpaired) electrons. The largest absolute Gasteiger partial charge is 0.356 e. The number of rotatable bonds is 9. The molecule has 0 fully saturated rings. The number of benzene rings is 2. The van der Waals surface area contributed by atoms with Gasteiger partial charge < -0.3 is 10.2 Å². The molecule has 0 spiro atoms. The van der Waals surface area contributed by atoms with Gasteiger partial charge in [0.25, 0.3) is 0 Å². The maximum Gasteiger partial charge on any atom is 0.221 e. The summed E-state index contributed by atoms with van der Waals surface area (Å²) in [5.74, 6) is -0.618. The van der Waals surface area contributed by atoms with Crippen molar-refractivity contribution in [3.8, 4) is 0 Å². The van der Waals surface area contributed by atoms with Gasteiger partial charge in [-0.2, -0.15) is 0 Å². The van der Waals surface area contributed by atoms with Gasteiger partial charge in [0.15, 0.2) is 0 Å². The van der Waals surface area contributed by atoms with Crippen molar-refractivity contribution in [3.63, 3.8) is 0 Å². The third kappa shape index (κ3) is 6.67. The van der Waals surface area contributed by atoms with Crippen LogP contribution in [0.2, 0.25) is 0 Å². The van der Waals surface area contributed by atoms with Crippen molar-refractivity contribution in [2.75, 3.05) is 13.1 Å². The van der Waals surface area contributed by atoms with Crippen LogP contribution in [-0.2, 0) is 22.6 Å². The van der Waals surface area contributed by atoms with Crippen molar-refractivity contribution in [1.29, 1.82) is 0 Å². The second kappa shape index (κ2) is 10.3. The zero-order chi connectivity index (χ0) is 18.8. The van der Waals surface area contributed by atoms with Gasteiger partial charge >= 0.3 is 0 Å². The number of aryl methyl sites for hydroxylation is 1. The Kier molecular flexibility index (Phi) is 7.80. The van der Waals surface area contributed by atoms with Crippen LogP contribution in [0.15, 0.2) is 54.6 Å². The zero-order valence-electron chi connectivity index (χ0n) is 15.1. The Bertz CT molecular complexity index is 719. The molecule has 138 valence electrons. The van der Waals surface area contributed by atoms with Gasteiger partial charge in [0.1, 0.15) is 5.82 Å². The molecule has 2 aromatic carbocycles. The number of nitrogens with one attached hydrogen (secondary N) is 1. The van der Waals surface area contributed by atoms with Crippen molar-refractivity contribution in [2.24, 2.45) is 0 Å². The summed E-state index contributed by atoms with van der Waals surface area (Å²) in [7, 11) is 0. The minimum Gasteiger partial charge on any atom is -0.356 e. The summed E-state index contributed by atoms with van der Waals surface area (Å²) in [4.78, 5) is 25.2. The molecule has 2 rings (SSSR count). The molecule has 0 unspecified atom stereocenters. The second-order valence-corrected chi connectivity index (χ2v) is 6.22. The molecular formula is C21H25FN2O2. The van der Waals surface area contributed by atoms with Gasteiger partial charge in [0, 0.05) is 38.5 Å². The van der Waals surface area contributed by atoms with Gasteiger partial charge in [-0.3, -0.25) is 9.59 Å². The van der Waals surface area contributed by atoms with Crippen LogP contribution >= 0.6 is 0 Å². The molecule has 5 heteroatoms. The number of hydrogen-bond acceptors (Lipinski definition) is 2. The molecule has 26 heavy (non-hydrogen) atoms. The fourth-order valence-electron chi connectivity index (χ4n) is 2.67. The number of halogens is 1. The fraction of sp³-hybridized carbons (Fsp3) is 0.333. The van der Waals surface area contributed by atoms with Crippen LogP contribution < -0.4 is 5.32 Å². The minimum absolute atomic E-state index is 0.0992. The summed E-state index contributed by atoms with van der Waals surface area (Å²) in [6.45, 7) is 2.47. The van der Waals surface area contributed by atoms with Crippen LogP contribution in [0.1, 0.15) is 30.9 Å². The monoisotopic (exact) mass is 356 g/mol. The quantitative estimate of drug-likeness (QED) is 0.701. The van der Waals surface area contributed by atoms with Crippen molar-refractivity contribution in [3.05, 3.63) is 71.5 Å². The van der Waals surface area contributed by atoms with E-state index in [1.807, 2.05) is 18.2 Å². The molecular weight excluding hydrogens is 331 g/mol. The molecule has 0 heterocycles. The molecule has 1 N–H and O–H groups in total. The van der Waals surface area contributed by atoms with E-state index in [0.29, 0.717) is 12.1 Å². The third-order valence-electron chi connectivity index (χ3n) is 4.18. The van der Waals surface area contributed by atoms with Crippen LogP contribution in [0.4, 0.5) is 4.39 Å². The van der Waals surface area contributed by atoms with Crippen molar-refractivity contribution < 1.29 is 14.0 Å². The van der Waals surface area contributed by atoms with E-state index in [4.69, 9.17) is 0 Å². The van der Waals surface area contributed by atoms with Crippen molar-refractivity contribution in [1.82, 2.24) is 10.2 Å². The topological polar surface area (TPSA) is 49.4 Å². The van der Waals surface area contributed by atoms with Gasteiger partial charge in [0.2, 0.25) is 11.8 Å². The van der Waals surface area contributed by atoms with Crippen LogP contribution in [0.25, 0.3) is 0 Å². The highest BCUT2D eigenvalue weighted by atomic mass is 19.1. The van der Waals surface area contributed by atoms with E-state index in [0.717, 1.165) is 12.8 Å². The normalized spacial score (nSPS) is 10.4. The third-order valence-corrected chi connectivity index (χ3v) is 4.18. The molecule has 0 aliphatic heterocycles. The Morgan fingerprint density at radius 1 is 1.04 bits per heavy atom. The second-order valence-electron chi connectivity index (χ2n) is 6.22. The van der Waals surface area contributed by atoms with E-state index in [-0.39, 0.29) is 37.1 Å². The maximum absolute atomic E-state index is 13.7. The molecule has 4 nitrogen and oxygen atoms in total. The molecule has 0 aromatic heterocycles. The van der Waals surface area contributed by atoms with Crippen LogP contribution in [-0.4, -0.2) is 29.8 Å². The molecule has 0 saturated heterocycles. The summed E-state index contributed by atoms with van der Waals surface area (Å²) in [6.07, 6.45) is 1.98. The van der Waals surface area contributed by atoms with Gasteiger partial charge in [-0.25, -0.2) is 4.39 Å². The van der Waals surface area contributed by atoms with E-state index in [1.165, 1.54) is 23.5 Å². The Morgan fingerprint density at radius 2 is 1.73 bits per heavy atom. The number of nitrogens with zero attached hydrogens (tertiary/aromatic N) is 1. The molecule has 0 aliphatic carbocycles. The molecule has 0 atom stereocenters. The summed E-state index contributed by atoms with van der Waals surface area (Å²) >= 11 is 0. The molecule has 0 aliphatic rings. The van der Waals surface area contributed by atoms with Gasteiger partial charge in [-0.1, -0.05) is 48.5 Å². The highest BCUT2D eigenvalue weighted by Gasteiger charge is 2.13. The number of carbonyl (C=O) groups is 2. The lowest BCUT2D eigenvalue weighted by atomic mass is 10.1. The first-order valence-corrected chi connectivity index (χ1v) is 8.86. The van der Waals surface area contributed by atoms with Crippen molar-refractivity contribution >= 4 is 11.8 Å². The lowest BCUT2D eigenvalue weighted by molar-refractivity contribution is -0.130. The minimum atomic E-state index is -0.343. The summed E-state index contributed by atoms with van der Waals surface area (Å²) in [6, 6.07) is 16.5. The van der Waals surface area contributed by atoms with Crippen LogP contribution in [0, 0.1) is 5.82 Å². The Morgan fingerprint density at radius 3 is 2.42 bits per heavy atom. The first-order chi connectivity index (χ1) is 12.6. The molecule has 2 amide bonds. The number of amides is 2. The summed E-state index contributed by atoms with van der Waals surface area (Å²) < 4.78 is 13.7. The summed E-state index contributed by atoms with van der Waals surface area (Å²) in [5.41, 5.74) is 1.69. The van der Waals surface area contributed by atoms with Crippen LogP contribution in [0.5, 0.6) is 0 Å². The molecule has 2 aromatic rings. The Hall–Kier alpha value is -2.69. The van der Waals surface area contributed by atoms with E-state index in [2.05, 4.69) is 17.4 Å². The average Bonchev–Trinajstić information content (AvgIpc) is 2.64. The van der Waals surface area contributed by atoms with Gasteiger partial charge in [0.05, 0.1) is 0 Å². The number of carbonyl (C=O) groups excluding carboxylic acids is 2. The van der Waals surface area contributed by atoms with E-state index in [1.54, 1.807) is 18.2 Å². The van der Waals surface area contributed by atoms with Crippen molar-refractivity contribution in [2.45, 2.75) is 32.7 Å². The average molecular weight is 356 g/mol. The summed E-state index contributed by atoms with van der Waals surface area (Å²) in [5, 5.41) is 2.87. The first kappa shape index (κ1) is 19.6.